The molecule has 6 amide bonds. The van der Waals surface area contributed by atoms with Gasteiger partial charge in [-0.3, -0.25) is 39.0 Å². The van der Waals surface area contributed by atoms with E-state index >= 15 is 0 Å². The first-order valence-corrected chi connectivity index (χ1v) is 15.7. The van der Waals surface area contributed by atoms with Gasteiger partial charge in [-0.25, -0.2) is 0 Å². The second-order valence-electron chi connectivity index (χ2n) is 11.7. The van der Waals surface area contributed by atoms with E-state index in [1.807, 2.05) is 24.3 Å². The Bertz CT molecular complexity index is 1820. The van der Waals surface area contributed by atoms with Crippen molar-refractivity contribution in [1.29, 1.82) is 0 Å². The lowest BCUT2D eigenvalue weighted by atomic mass is 10.0. The number of para-hydroxylation sites is 2. The van der Waals surface area contributed by atoms with Crippen molar-refractivity contribution in [2.24, 2.45) is 0 Å². The summed E-state index contributed by atoms with van der Waals surface area (Å²) in [5.41, 5.74) is 2.69. The molecule has 11 nitrogen and oxygen atoms in total. The summed E-state index contributed by atoms with van der Waals surface area (Å²) >= 11 is 0. The Hall–Kier alpha value is -5.32. The van der Waals surface area contributed by atoms with E-state index in [4.69, 9.17) is 0 Å². The van der Waals surface area contributed by atoms with Gasteiger partial charge >= 0.3 is 0 Å². The molecular formula is C35H35N5O6. The van der Waals surface area contributed by atoms with Crippen LogP contribution in [0.15, 0.2) is 66.7 Å². The van der Waals surface area contributed by atoms with E-state index in [2.05, 4.69) is 44.8 Å². The summed E-state index contributed by atoms with van der Waals surface area (Å²) in [5, 5.41) is 10.4. The van der Waals surface area contributed by atoms with E-state index in [9.17, 15) is 28.8 Å². The Morgan fingerprint density at radius 3 is 2.07 bits per heavy atom. The van der Waals surface area contributed by atoms with Gasteiger partial charge in [-0.1, -0.05) is 49.2 Å². The highest BCUT2D eigenvalue weighted by Crippen LogP contribution is 2.30. The molecule has 11 heteroatoms. The molecule has 1 saturated heterocycles. The Balaban J connectivity index is 0.894. The third kappa shape index (κ3) is 6.13. The molecule has 3 N–H and O–H groups in total. The summed E-state index contributed by atoms with van der Waals surface area (Å²) in [7, 11) is 0. The van der Waals surface area contributed by atoms with Crippen LogP contribution >= 0.6 is 0 Å². The quantitative estimate of drug-likeness (QED) is 0.162. The fourth-order valence-electron chi connectivity index (χ4n) is 6.29. The van der Waals surface area contributed by atoms with Crippen LogP contribution in [-0.2, 0) is 20.9 Å². The largest absolute Gasteiger partial charge is 0.356 e. The number of fused-ring (bicyclic) bond motifs is 4. The van der Waals surface area contributed by atoms with Crippen molar-refractivity contribution in [2.45, 2.75) is 57.5 Å². The number of imide groups is 2. The molecule has 3 aromatic carbocycles. The maximum absolute atomic E-state index is 13.0. The van der Waals surface area contributed by atoms with Crippen LogP contribution < -0.4 is 16.0 Å². The first kappa shape index (κ1) is 30.7. The predicted molar refractivity (Wildman–Crippen MR) is 171 cm³/mol. The lowest BCUT2D eigenvalue weighted by molar-refractivity contribution is -0.136. The monoisotopic (exact) mass is 621 g/mol. The fraction of sp³-hybridized carbons (Fsp3) is 0.314. The number of aryl methyl sites for hydroxylation is 1. The van der Waals surface area contributed by atoms with Gasteiger partial charge in [0.1, 0.15) is 6.04 Å². The van der Waals surface area contributed by atoms with E-state index in [1.54, 1.807) is 0 Å². The van der Waals surface area contributed by atoms with Crippen molar-refractivity contribution in [1.82, 2.24) is 25.4 Å². The van der Waals surface area contributed by atoms with Gasteiger partial charge in [-0.15, -0.1) is 0 Å². The normalized spacial score (nSPS) is 16.2. The molecule has 6 rings (SSSR count). The van der Waals surface area contributed by atoms with Crippen molar-refractivity contribution in [3.63, 3.8) is 0 Å². The summed E-state index contributed by atoms with van der Waals surface area (Å²) in [6, 6.07) is 19.7. The van der Waals surface area contributed by atoms with Crippen LogP contribution in [0.25, 0.3) is 21.8 Å². The Morgan fingerprint density at radius 2 is 1.39 bits per heavy atom. The standard InChI is InChI=1S/C35H35N5O6/c41-30(17-20-39-27-11-5-3-9-23(27)24-10-4-6-12-28(24)39)36-18-7-1-2-8-19-37-32(43)22-13-14-25-26(21-22)35(46)40(34(25)45)29-15-16-31(42)38-33(29)44/h3-6,9-14,21,29H,1-2,7-8,15-20H2,(H,36,41)(H,37,43)(H,38,42,44). The lowest BCUT2D eigenvalue weighted by Crippen LogP contribution is -2.54. The number of nitrogens with zero attached hydrogens (tertiary/aromatic N) is 2. The summed E-state index contributed by atoms with van der Waals surface area (Å²) in [6.45, 7) is 1.64. The third-order valence-electron chi connectivity index (χ3n) is 8.66. The molecule has 0 saturated carbocycles. The fourth-order valence-corrected chi connectivity index (χ4v) is 6.29. The van der Waals surface area contributed by atoms with E-state index in [-0.39, 0.29) is 41.3 Å². The Morgan fingerprint density at radius 1 is 0.761 bits per heavy atom. The summed E-state index contributed by atoms with van der Waals surface area (Å²) < 4.78 is 2.20. The first-order chi connectivity index (χ1) is 22.3. The van der Waals surface area contributed by atoms with Crippen molar-refractivity contribution in [2.75, 3.05) is 13.1 Å². The van der Waals surface area contributed by atoms with E-state index in [0.717, 1.165) is 41.6 Å². The number of benzene rings is 3. The van der Waals surface area contributed by atoms with Crippen molar-refractivity contribution >= 4 is 57.2 Å². The van der Waals surface area contributed by atoms with Gasteiger partial charge < -0.3 is 15.2 Å². The highest BCUT2D eigenvalue weighted by Gasteiger charge is 2.44. The van der Waals surface area contributed by atoms with Gasteiger partial charge in [0.25, 0.3) is 17.7 Å². The third-order valence-corrected chi connectivity index (χ3v) is 8.66. The highest BCUT2D eigenvalue weighted by molar-refractivity contribution is 6.24. The maximum atomic E-state index is 13.0. The second kappa shape index (κ2) is 13.4. The number of piperidine rings is 1. The zero-order valence-electron chi connectivity index (χ0n) is 25.3. The van der Waals surface area contributed by atoms with Crippen molar-refractivity contribution in [3.8, 4) is 0 Å². The molecule has 1 fully saturated rings. The average molecular weight is 622 g/mol. The van der Waals surface area contributed by atoms with Gasteiger partial charge in [-0.2, -0.15) is 0 Å². The minimum atomic E-state index is -1.05. The summed E-state index contributed by atoms with van der Waals surface area (Å²) in [5.74, 6) is -2.72. The van der Waals surface area contributed by atoms with Gasteiger partial charge in [0.2, 0.25) is 17.7 Å². The molecule has 236 valence electrons. The number of unbranched alkanes of at least 4 members (excludes halogenated alkanes) is 3. The molecule has 2 aliphatic heterocycles. The van der Waals surface area contributed by atoms with Gasteiger partial charge in [0.15, 0.2) is 0 Å². The van der Waals surface area contributed by atoms with Crippen LogP contribution in [0.3, 0.4) is 0 Å². The number of aromatic nitrogens is 1. The van der Waals surface area contributed by atoms with Crippen LogP contribution in [0.1, 0.15) is 76.0 Å². The van der Waals surface area contributed by atoms with Gasteiger partial charge in [0.05, 0.1) is 11.1 Å². The number of carbonyl (C=O) groups is 6. The molecular weight excluding hydrogens is 586 g/mol. The number of carbonyl (C=O) groups excluding carboxylic acids is 6. The van der Waals surface area contributed by atoms with E-state index in [0.29, 0.717) is 26.1 Å². The molecule has 1 atom stereocenters. The average Bonchev–Trinajstić information content (AvgIpc) is 3.51. The van der Waals surface area contributed by atoms with Crippen LogP contribution in [0, 0.1) is 0 Å². The van der Waals surface area contributed by atoms with E-state index in [1.165, 1.54) is 29.0 Å². The Kier molecular flexibility index (Phi) is 8.91. The van der Waals surface area contributed by atoms with Crippen LogP contribution in [0.4, 0.5) is 0 Å². The van der Waals surface area contributed by atoms with Crippen molar-refractivity contribution < 1.29 is 28.8 Å². The number of hydrogen-bond donors (Lipinski definition) is 3. The molecule has 0 aliphatic carbocycles. The van der Waals surface area contributed by atoms with Crippen molar-refractivity contribution in [3.05, 3.63) is 83.4 Å². The lowest BCUT2D eigenvalue weighted by Gasteiger charge is -2.27. The topological polar surface area (TPSA) is 147 Å². The molecule has 4 aromatic rings. The number of amides is 6. The zero-order chi connectivity index (χ0) is 32.2. The number of hydrogen-bond acceptors (Lipinski definition) is 6. The van der Waals surface area contributed by atoms with Crippen LogP contribution in [-0.4, -0.2) is 64.0 Å². The van der Waals surface area contributed by atoms with E-state index < -0.39 is 29.7 Å². The number of rotatable bonds is 12. The molecule has 0 bridgehead atoms. The molecule has 46 heavy (non-hydrogen) atoms. The number of nitrogens with one attached hydrogen (secondary N) is 3. The highest BCUT2D eigenvalue weighted by atomic mass is 16.2. The maximum Gasteiger partial charge on any atom is 0.262 e. The first-order valence-electron chi connectivity index (χ1n) is 15.7. The molecule has 3 heterocycles. The molecule has 0 radical (unpaired) electrons. The molecule has 1 aromatic heterocycles. The Labute approximate surface area is 265 Å². The minimum absolute atomic E-state index is 0.0175. The van der Waals surface area contributed by atoms with Gasteiger partial charge in [0, 0.05) is 59.8 Å². The zero-order valence-corrected chi connectivity index (χ0v) is 25.3. The molecule has 0 spiro atoms. The second-order valence-corrected chi connectivity index (χ2v) is 11.7. The SMILES string of the molecule is O=C(CCn1c2ccccc2c2ccccc21)NCCCCCCNC(=O)c1ccc2c(c1)C(=O)N(C1CCC(=O)NC1=O)C2=O. The smallest absolute Gasteiger partial charge is 0.262 e. The summed E-state index contributed by atoms with van der Waals surface area (Å²) in [6.07, 6.45) is 3.85. The van der Waals surface area contributed by atoms with Gasteiger partial charge in [-0.05, 0) is 49.6 Å². The summed E-state index contributed by atoms with van der Waals surface area (Å²) in [4.78, 5) is 75.7. The minimum Gasteiger partial charge on any atom is -0.356 e. The van der Waals surface area contributed by atoms with Crippen LogP contribution in [0.5, 0.6) is 0 Å². The predicted octanol–water partition coefficient (Wildman–Crippen LogP) is 3.69. The molecule has 2 aliphatic rings. The van der Waals surface area contributed by atoms with Crippen LogP contribution in [0.2, 0.25) is 0 Å². The molecule has 1 unspecified atom stereocenters.